The number of benzene rings is 1. The summed E-state index contributed by atoms with van der Waals surface area (Å²) >= 11 is 5.92. The third kappa shape index (κ3) is 6.48. The molecule has 2 N–H and O–H groups in total. The van der Waals surface area contributed by atoms with Gasteiger partial charge >= 0.3 is 0 Å². The van der Waals surface area contributed by atoms with E-state index in [0.717, 1.165) is 18.3 Å². The van der Waals surface area contributed by atoms with Crippen molar-refractivity contribution in [2.24, 2.45) is 4.99 Å². The fourth-order valence-electron chi connectivity index (χ4n) is 1.54. The summed E-state index contributed by atoms with van der Waals surface area (Å²) in [6.45, 7) is 9.71. The molecule has 20 heavy (non-hydrogen) atoms. The Bertz CT molecular complexity index is 448. The molecule has 0 saturated heterocycles. The van der Waals surface area contributed by atoms with Gasteiger partial charge < -0.3 is 15.4 Å². The van der Waals surface area contributed by atoms with Crippen LogP contribution in [-0.4, -0.2) is 31.7 Å². The number of guanidine groups is 1. The predicted octanol–water partition coefficient (Wildman–Crippen LogP) is 2.85. The Morgan fingerprint density at radius 2 is 2.30 bits per heavy atom. The van der Waals surface area contributed by atoms with Crippen LogP contribution in [0.4, 0.5) is 0 Å². The van der Waals surface area contributed by atoms with Crippen molar-refractivity contribution in [3.8, 4) is 5.75 Å². The Labute approximate surface area is 125 Å². The predicted molar refractivity (Wildman–Crippen MR) is 85.7 cm³/mol. The van der Waals surface area contributed by atoms with Crippen LogP contribution in [0.25, 0.3) is 0 Å². The Morgan fingerprint density at radius 1 is 1.50 bits per heavy atom. The molecule has 1 atom stereocenters. The van der Waals surface area contributed by atoms with Gasteiger partial charge in [0.05, 0.1) is 6.54 Å². The molecule has 0 saturated carbocycles. The van der Waals surface area contributed by atoms with Gasteiger partial charge in [-0.25, -0.2) is 4.99 Å². The highest BCUT2D eigenvalue weighted by atomic mass is 35.5. The van der Waals surface area contributed by atoms with E-state index < -0.39 is 0 Å². The van der Waals surface area contributed by atoms with Crippen molar-refractivity contribution in [2.45, 2.75) is 20.0 Å². The van der Waals surface area contributed by atoms with Crippen LogP contribution in [0.1, 0.15) is 13.8 Å². The van der Waals surface area contributed by atoms with E-state index in [-0.39, 0.29) is 6.10 Å². The van der Waals surface area contributed by atoms with Crippen molar-refractivity contribution in [2.75, 3.05) is 19.6 Å². The van der Waals surface area contributed by atoms with E-state index in [4.69, 9.17) is 16.3 Å². The largest absolute Gasteiger partial charge is 0.489 e. The van der Waals surface area contributed by atoms with Crippen LogP contribution in [0.2, 0.25) is 5.02 Å². The zero-order valence-electron chi connectivity index (χ0n) is 12.0. The average molecular weight is 296 g/mol. The third-order valence-electron chi connectivity index (χ3n) is 2.40. The van der Waals surface area contributed by atoms with Gasteiger partial charge in [0.1, 0.15) is 11.9 Å². The summed E-state index contributed by atoms with van der Waals surface area (Å²) in [4.78, 5) is 4.46. The smallest absolute Gasteiger partial charge is 0.191 e. The van der Waals surface area contributed by atoms with Gasteiger partial charge in [-0.1, -0.05) is 23.7 Å². The quantitative estimate of drug-likeness (QED) is 0.462. The molecule has 0 bridgehead atoms. The number of hydrogen-bond acceptors (Lipinski definition) is 2. The van der Waals surface area contributed by atoms with E-state index in [2.05, 4.69) is 22.2 Å². The molecule has 0 fully saturated rings. The van der Waals surface area contributed by atoms with Crippen molar-refractivity contribution in [3.63, 3.8) is 0 Å². The minimum Gasteiger partial charge on any atom is -0.489 e. The molecule has 0 spiro atoms. The van der Waals surface area contributed by atoms with Crippen LogP contribution in [0, 0.1) is 0 Å². The highest BCUT2D eigenvalue weighted by Crippen LogP contribution is 2.18. The number of aliphatic imine (C=N–C) groups is 1. The molecule has 1 aromatic rings. The molecule has 1 unspecified atom stereocenters. The normalized spacial score (nSPS) is 12.7. The van der Waals surface area contributed by atoms with Crippen LogP contribution in [0.3, 0.4) is 0 Å². The lowest BCUT2D eigenvalue weighted by molar-refractivity contribution is 0.230. The van der Waals surface area contributed by atoms with E-state index in [1.54, 1.807) is 12.1 Å². The minimum absolute atomic E-state index is 0.0346. The Hall–Kier alpha value is -1.68. The zero-order valence-corrected chi connectivity index (χ0v) is 12.8. The Balaban J connectivity index is 2.50. The maximum absolute atomic E-state index is 5.92. The van der Waals surface area contributed by atoms with Gasteiger partial charge in [0.2, 0.25) is 0 Å². The van der Waals surface area contributed by atoms with Crippen molar-refractivity contribution in [1.29, 1.82) is 0 Å². The van der Waals surface area contributed by atoms with E-state index in [1.165, 1.54) is 0 Å². The average Bonchev–Trinajstić information content (AvgIpc) is 2.42. The van der Waals surface area contributed by atoms with Gasteiger partial charge in [0, 0.05) is 18.1 Å². The standard InChI is InChI=1S/C15H22ClN3O/c1-4-9-18-15(17-5-2)19-11-12(3)20-14-8-6-7-13(16)10-14/h4,6-8,10,12H,1,5,9,11H2,2-3H3,(H2,17,18,19). The molecule has 0 aromatic heterocycles. The third-order valence-corrected chi connectivity index (χ3v) is 2.63. The van der Waals surface area contributed by atoms with Gasteiger partial charge in [-0.05, 0) is 32.0 Å². The molecule has 0 aliphatic heterocycles. The summed E-state index contributed by atoms with van der Waals surface area (Å²) in [5.74, 6) is 1.51. The maximum atomic E-state index is 5.92. The van der Waals surface area contributed by atoms with Crippen molar-refractivity contribution < 1.29 is 4.74 Å². The number of ether oxygens (including phenoxy) is 1. The molecule has 4 nitrogen and oxygen atoms in total. The molecule has 0 radical (unpaired) electrons. The number of rotatable bonds is 7. The van der Waals surface area contributed by atoms with Gasteiger partial charge in [-0.3, -0.25) is 0 Å². The van der Waals surface area contributed by atoms with Crippen LogP contribution in [-0.2, 0) is 0 Å². The van der Waals surface area contributed by atoms with Crippen LogP contribution < -0.4 is 15.4 Å². The maximum Gasteiger partial charge on any atom is 0.191 e. The van der Waals surface area contributed by atoms with Crippen LogP contribution in [0.15, 0.2) is 41.9 Å². The lowest BCUT2D eigenvalue weighted by Crippen LogP contribution is -2.38. The van der Waals surface area contributed by atoms with Crippen molar-refractivity contribution in [3.05, 3.63) is 41.9 Å². The first kappa shape index (κ1) is 16.4. The van der Waals surface area contributed by atoms with Crippen molar-refractivity contribution >= 4 is 17.6 Å². The number of nitrogens with one attached hydrogen (secondary N) is 2. The molecule has 1 rings (SSSR count). The lowest BCUT2D eigenvalue weighted by atomic mass is 10.3. The second-order valence-corrected chi connectivity index (χ2v) is 4.71. The summed E-state index contributed by atoms with van der Waals surface area (Å²) in [5.41, 5.74) is 0. The summed E-state index contributed by atoms with van der Waals surface area (Å²) in [6, 6.07) is 7.36. The monoisotopic (exact) mass is 295 g/mol. The molecule has 5 heteroatoms. The van der Waals surface area contributed by atoms with E-state index in [0.29, 0.717) is 18.1 Å². The van der Waals surface area contributed by atoms with Gasteiger partial charge in [0.15, 0.2) is 5.96 Å². The van der Waals surface area contributed by atoms with Crippen LogP contribution >= 0.6 is 11.6 Å². The van der Waals surface area contributed by atoms with Crippen LogP contribution in [0.5, 0.6) is 5.75 Å². The molecular weight excluding hydrogens is 274 g/mol. The molecule has 1 aromatic carbocycles. The summed E-state index contributed by atoms with van der Waals surface area (Å²) in [5, 5.41) is 6.97. The highest BCUT2D eigenvalue weighted by Gasteiger charge is 2.04. The topological polar surface area (TPSA) is 45.7 Å². The van der Waals surface area contributed by atoms with Gasteiger partial charge in [-0.2, -0.15) is 0 Å². The van der Waals surface area contributed by atoms with Gasteiger partial charge in [0.25, 0.3) is 0 Å². The van der Waals surface area contributed by atoms with E-state index >= 15 is 0 Å². The minimum atomic E-state index is -0.0346. The highest BCUT2D eigenvalue weighted by molar-refractivity contribution is 6.30. The zero-order chi connectivity index (χ0) is 14.8. The Morgan fingerprint density at radius 3 is 2.95 bits per heavy atom. The molecule has 110 valence electrons. The molecule has 0 aliphatic carbocycles. The Kier molecular flexibility index (Phi) is 7.58. The molecular formula is C15H22ClN3O. The fraction of sp³-hybridized carbons (Fsp3) is 0.400. The second-order valence-electron chi connectivity index (χ2n) is 4.28. The van der Waals surface area contributed by atoms with Crippen molar-refractivity contribution in [1.82, 2.24) is 10.6 Å². The SMILES string of the molecule is C=CCNC(=NCC(C)Oc1cccc(Cl)c1)NCC. The second kappa shape index (κ2) is 9.26. The molecule has 0 aliphatic rings. The van der Waals surface area contributed by atoms with E-state index in [9.17, 15) is 0 Å². The number of nitrogens with zero attached hydrogens (tertiary/aromatic N) is 1. The lowest BCUT2D eigenvalue weighted by Gasteiger charge is -2.14. The summed E-state index contributed by atoms with van der Waals surface area (Å²) in [7, 11) is 0. The summed E-state index contributed by atoms with van der Waals surface area (Å²) < 4.78 is 5.76. The first-order chi connectivity index (χ1) is 9.65. The van der Waals surface area contributed by atoms with Gasteiger partial charge in [-0.15, -0.1) is 6.58 Å². The summed E-state index contributed by atoms with van der Waals surface area (Å²) in [6.07, 6.45) is 1.76. The fourth-order valence-corrected chi connectivity index (χ4v) is 1.72. The molecule has 0 amide bonds. The number of hydrogen-bond donors (Lipinski definition) is 2. The molecule has 0 heterocycles. The first-order valence-corrected chi connectivity index (χ1v) is 7.08. The number of halogens is 1. The van der Waals surface area contributed by atoms with E-state index in [1.807, 2.05) is 32.0 Å². The first-order valence-electron chi connectivity index (χ1n) is 6.71.